The number of benzene rings is 2. The van der Waals surface area contributed by atoms with E-state index in [9.17, 15) is 13.2 Å². The molecule has 0 heterocycles. The maximum Gasteiger partial charge on any atom is 0.244 e. The molecule has 0 saturated heterocycles. The third-order valence-corrected chi connectivity index (χ3v) is 6.04. The van der Waals surface area contributed by atoms with Crippen LogP contribution in [0.1, 0.15) is 18.9 Å². The van der Waals surface area contributed by atoms with Gasteiger partial charge < -0.3 is 14.8 Å². The Morgan fingerprint density at radius 3 is 2.53 bits per heavy atom. The number of hydrogen-bond donors (Lipinski definition) is 1. The third-order valence-electron chi connectivity index (χ3n) is 4.45. The van der Waals surface area contributed by atoms with E-state index in [0.717, 1.165) is 16.1 Å². The van der Waals surface area contributed by atoms with E-state index in [-0.39, 0.29) is 13.2 Å². The maximum absolute atomic E-state index is 12.8. The number of nitrogens with zero attached hydrogens (tertiary/aromatic N) is 1. The Balaban J connectivity index is 2.07. The van der Waals surface area contributed by atoms with Crippen LogP contribution < -0.4 is 19.1 Å². The van der Waals surface area contributed by atoms with Gasteiger partial charge in [0.2, 0.25) is 15.9 Å². The monoisotopic (exact) mass is 454 g/mol. The van der Waals surface area contributed by atoms with E-state index in [1.54, 1.807) is 43.3 Å². The highest BCUT2D eigenvalue weighted by atomic mass is 35.5. The first kappa shape index (κ1) is 23.8. The highest BCUT2D eigenvalue weighted by Gasteiger charge is 2.31. The van der Waals surface area contributed by atoms with E-state index in [1.807, 2.05) is 13.0 Å². The van der Waals surface area contributed by atoms with Crippen LogP contribution in [-0.4, -0.2) is 46.9 Å². The molecule has 1 amide bonds. The number of rotatable bonds is 10. The molecular weight excluding hydrogens is 428 g/mol. The Labute approximate surface area is 183 Å². The number of hydrogen-bond acceptors (Lipinski definition) is 5. The van der Waals surface area contributed by atoms with Crippen molar-refractivity contribution in [1.82, 2.24) is 5.32 Å². The number of carbonyl (C=O) groups excluding carboxylic acids is 1. The van der Waals surface area contributed by atoms with Crippen LogP contribution in [0.4, 0.5) is 5.69 Å². The topological polar surface area (TPSA) is 84.9 Å². The van der Waals surface area contributed by atoms with E-state index in [1.165, 1.54) is 7.11 Å². The van der Waals surface area contributed by atoms with Crippen LogP contribution in [0.5, 0.6) is 11.5 Å². The maximum atomic E-state index is 12.8. The van der Waals surface area contributed by atoms with E-state index < -0.39 is 22.0 Å². The van der Waals surface area contributed by atoms with Gasteiger partial charge in [-0.05, 0) is 43.2 Å². The summed E-state index contributed by atoms with van der Waals surface area (Å²) in [6, 6.07) is 11.1. The molecule has 7 nitrogen and oxygen atoms in total. The quantitative estimate of drug-likeness (QED) is 0.556. The van der Waals surface area contributed by atoms with Crippen molar-refractivity contribution in [2.24, 2.45) is 0 Å². The van der Waals surface area contributed by atoms with E-state index in [4.69, 9.17) is 21.1 Å². The van der Waals surface area contributed by atoms with Gasteiger partial charge in [0.15, 0.2) is 0 Å². The number of sulfonamides is 1. The molecule has 1 atom stereocenters. The molecular formula is C21H27ClN2O5S. The second kappa shape index (κ2) is 10.5. The molecule has 0 aliphatic rings. The molecule has 9 heteroatoms. The molecule has 2 aromatic carbocycles. The summed E-state index contributed by atoms with van der Waals surface area (Å²) in [5, 5.41) is 3.35. The summed E-state index contributed by atoms with van der Waals surface area (Å²) in [5.41, 5.74) is 1.31. The summed E-state index contributed by atoms with van der Waals surface area (Å²) < 4.78 is 36.9. The zero-order chi connectivity index (χ0) is 22.3. The van der Waals surface area contributed by atoms with Crippen molar-refractivity contribution in [3.05, 3.63) is 53.1 Å². The number of methoxy groups -OCH3 is 1. The first-order valence-corrected chi connectivity index (χ1v) is 11.7. The van der Waals surface area contributed by atoms with Crippen LogP contribution in [0.25, 0.3) is 0 Å². The average Bonchev–Trinajstić information content (AvgIpc) is 2.70. The van der Waals surface area contributed by atoms with Gasteiger partial charge in [-0.2, -0.15) is 0 Å². The molecule has 1 N–H and O–H groups in total. The van der Waals surface area contributed by atoms with Crippen molar-refractivity contribution in [3.63, 3.8) is 0 Å². The lowest BCUT2D eigenvalue weighted by atomic mass is 10.2. The van der Waals surface area contributed by atoms with Crippen LogP contribution in [0.15, 0.2) is 42.5 Å². The van der Waals surface area contributed by atoms with Gasteiger partial charge in [0.25, 0.3) is 0 Å². The van der Waals surface area contributed by atoms with Gasteiger partial charge in [-0.3, -0.25) is 9.10 Å². The van der Waals surface area contributed by atoms with Gasteiger partial charge in [0.05, 0.1) is 25.6 Å². The van der Waals surface area contributed by atoms with Crippen molar-refractivity contribution in [2.45, 2.75) is 26.3 Å². The number of nitrogens with one attached hydrogen (secondary N) is 1. The zero-order valence-electron chi connectivity index (χ0n) is 17.5. The van der Waals surface area contributed by atoms with Crippen LogP contribution in [-0.2, 0) is 14.8 Å². The number of carbonyl (C=O) groups is 1. The largest absolute Gasteiger partial charge is 0.497 e. The van der Waals surface area contributed by atoms with Gasteiger partial charge in [-0.15, -0.1) is 0 Å². The first-order chi connectivity index (χ1) is 14.2. The molecule has 0 aromatic heterocycles. The molecule has 0 spiro atoms. The Morgan fingerprint density at radius 1 is 1.20 bits per heavy atom. The van der Waals surface area contributed by atoms with Gasteiger partial charge in [-0.25, -0.2) is 8.42 Å². The fourth-order valence-electron chi connectivity index (χ4n) is 2.93. The summed E-state index contributed by atoms with van der Waals surface area (Å²) in [4.78, 5) is 12.8. The van der Waals surface area contributed by atoms with Crippen LogP contribution in [0.3, 0.4) is 0 Å². The molecule has 30 heavy (non-hydrogen) atoms. The predicted molar refractivity (Wildman–Crippen MR) is 119 cm³/mol. The minimum Gasteiger partial charge on any atom is -0.497 e. The van der Waals surface area contributed by atoms with Crippen LogP contribution in [0, 0.1) is 6.92 Å². The minimum atomic E-state index is -3.71. The second-order valence-corrected chi connectivity index (χ2v) is 9.00. The number of ether oxygens (including phenoxy) is 2. The summed E-state index contributed by atoms with van der Waals surface area (Å²) in [6.45, 7) is 4.09. The summed E-state index contributed by atoms with van der Waals surface area (Å²) in [5.74, 6) is 0.693. The minimum absolute atomic E-state index is 0.219. The van der Waals surface area contributed by atoms with E-state index in [0.29, 0.717) is 28.6 Å². The molecule has 0 bridgehead atoms. The fourth-order valence-corrected chi connectivity index (χ4v) is 4.31. The lowest BCUT2D eigenvalue weighted by Crippen LogP contribution is -2.50. The van der Waals surface area contributed by atoms with Crippen molar-refractivity contribution in [2.75, 3.05) is 30.8 Å². The van der Waals surface area contributed by atoms with Crippen molar-refractivity contribution in [3.8, 4) is 11.5 Å². The standard InChI is InChI=1S/C21H27ClN2O5S/c1-5-20(24(30(4,26)27)16-7-6-8-17(13-16)28-3)21(25)23-11-12-29-18-10-9-15(2)19(22)14-18/h6-10,13-14,20H,5,11-12H2,1-4H3,(H,23,25). The van der Waals surface area contributed by atoms with Crippen molar-refractivity contribution in [1.29, 1.82) is 0 Å². The predicted octanol–water partition coefficient (Wildman–Crippen LogP) is 3.40. The Kier molecular flexibility index (Phi) is 8.37. The summed E-state index contributed by atoms with van der Waals surface area (Å²) in [6.07, 6.45) is 1.37. The first-order valence-electron chi connectivity index (χ1n) is 9.47. The number of halogens is 1. The average molecular weight is 455 g/mol. The van der Waals surface area contributed by atoms with Crippen LogP contribution in [0.2, 0.25) is 5.02 Å². The fraction of sp³-hybridized carbons (Fsp3) is 0.381. The third kappa shape index (κ3) is 6.27. The highest BCUT2D eigenvalue weighted by molar-refractivity contribution is 7.92. The summed E-state index contributed by atoms with van der Waals surface area (Å²) in [7, 11) is -2.22. The normalized spacial score (nSPS) is 12.2. The van der Waals surface area contributed by atoms with Crippen LogP contribution >= 0.6 is 11.6 Å². The van der Waals surface area contributed by atoms with E-state index >= 15 is 0 Å². The Hall–Kier alpha value is -2.45. The highest BCUT2D eigenvalue weighted by Crippen LogP contribution is 2.26. The van der Waals surface area contributed by atoms with Gasteiger partial charge in [0, 0.05) is 11.1 Å². The Morgan fingerprint density at radius 2 is 1.93 bits per heavy atom. The molecule has 2 aromatic rings. The molecule has 1 unspecified atom stereocenters. The molecule has 0 aliphatic heterocycles. The van der Waals surface area contributed by atoms with Gasteiger partial charge in [-0.1, -0.05) is 30.7 Å². The van der Waals surface area contributed by atoms with Crippen molar-refractivity contribution < 1.29 is 22.7 Å². The molecule has 164 valence electrons. The number of aryl methyl sites for hydroxylation is 1. The number of amides is 1. The molecule has 0 radical (unpaired) electrons. The smallest absolute Gasteiger partial charge is 0.244 e. The molecule has 0 aliphatic carbocycles. The lowest BCUT2D eigenvalue weighted by molar-refractivity contribution is -0.122. The Bertz CT molecular complexity index is 981. The molecule has 2 rings (SSSR count). The molecule has 0 saturated carbocycles. The van der Waals surface area contributed by atoms with Gasteiger partial charge >= 0.3 is 0 Å². The van der Waals surface area contributed by atoms with Gasteiger partial charge in [0.1, 0.15) is 24.1 Å². The van der Waals surface area contributed by atoms with Crippen molar-refractivity contribution >= 4 is 33.2 Å². The SMILES string of the molecule is CCC(C(=O)NCCOc1ccc(C)c(Cl)c1)N(c1cccc(OC)c1)S(C)(=O)=O. The second-order valence-electron chi connectivity index (χ2n) is 6.73. The summed E-state index contributed by atoms with van der Waals surface area (Å²) >= 11 is 6.07. The lowest BCUT2D eigenvalue weighted by Gasteiger charge is -2.30. The number of anilines is 1. The van der Waals surface area contributed by atoms with E-state index in [2.05, 4.69) is 5.32 Å². The zero-order valence-corrected chi connectivity index (χ0v) is 19.1. The molecule has 0 fully saturated rings.